The van der Waals surface area contributed by atoms with Gasteiger partial charge in [0.05, 0.1) is 0 Å². The molecule has 0 saturated heterocycles. The number of nitrogens with one attached hydrogen (secondary N) is 1. The molecule has 1 aromatic carbocycles. The van der Waals surface area contributed by atoms with Gasteiger partial charge in [-0.25, -0.2) is 0 Å². The Morgan fingerprint density at radius 3 is 2.83 bits per heavy atom. The van der Waals surface area contributed by atoms with Crippen LogP contribution in [0.1, 0.15) is 50.7 Å². The second kappa shape index (κ2) is 3.28. The summed E-state index contributed by atoms with van der Waals surface area (Å²) in [6, 6.07) is 6.71. The van der Waals surface area contributed by atoms with Crippen LogP contribution in [0.3, 0.4) is 0 Å². The molecule has 1 heterocycles. The highest BCUT2D eigenvalue weighted by Crippen LogP contribution is 2.51. The minimum Gasteiger partial charge on any atom is -0.361 e. The Labute approximate surface area is 108 Å². The van der Waals surface area contributed by atoms with Crippen LogP contribution in [0.5, 0.6) is 0 Å². The fourth-order valence-electron chi connectivity index (χ4n) is 4.00. The Kier molecular flexibility index (Phi) is 1.90. The first kappa shape index (κ1) is 10.4. The maximum absolute atomic E-state index is 3.46. The maximum Gasteiger partial charge on any atom is 0.0463 e. The monoisotopic (exact) mass is 237 g/mol. The molecule has 0 bridgehead atoms. The molecule has 1 N–H and O–H groups in total. The number of aromatic nitrogens is 1. The van der Waals surface area contributed by atoms with Crippen LogP contribution >= 0.6 is 0 Å². The number of fused-ring (bicyclic) bond motifs is 1. The van der Waals surface area contributed by atoms with Crippen molar-refractivity contribution in [2.24, 2.45) is 0 Å². The minimum atomic E-state index is 0.213. The van der Waals surface area contributed by atoms with Crippen molar-refractivity contribution in [1.29, 1.82) is 0 Å². The predicted octanol–water partition coefficient (Wildman–Crippen LogP) is 4.79. The lowest BCUT2D eigenvalue weighted by Crippen LogP contribution is -2.26. The lowest BCUT2D eigenvalue weighted by Gasteiger charge is -2.38. The van der Waals surface area contributed by atoms with Gasteiger partial charge in [-0.2, -0.15) is 0 Å². The Balaban J connectivity index is 2.15. The Morgan fingerprint density at radius 2 is 1.94 bits per heavy atom. The van der Waals surface area contributed by atoms with Crippen LogP contribution in [0.2, 0.25) is 0 Å². The summed E-state index contributed by atoms with van der Waals surface area (Å²) in [4.78, 5) is 3.46. The zero-order chi connectivity index (χ0) is 12.3. The van der Waals surface area contributed by atoms with Crippen LogP contribution in [0.25, 0.3) is 16.5 Å². The molecule has 1 heteroatoms. The van der Waals surface area contributed by atoms with E-state index in [2.05, 4.69) is 43.2 Å². The molecule has 1 aromatic heterocycles. The molecule has 2 aliphatic rings. The third-order valence-electron chi connectivity index (χ3n) is 4.93. The van der Waals surface area contributed by atoms with Crippen molar-refractivity contribution in [3.05, 3.63) is 41.1 Å². The lowest BCUT2D eigenvalue weighted by molar-refractivity contribution is 0.555. The van der Waals surface area contributed by atoms with Gasteiger partial charge < -0.3 is 4.98 Å². The van der Waals surface area contributed by atoms with Crippen molar-refractivity contribution in [1.82, 2.24) is 4.98 Å². The lowest BCUT2D eigenvalue weighted by atomic mass is 9.65. The Hall–Kier alpha value is -1.50. The van der Waals surface area contributed by atoms with Gasteiger partial charge in [-0.15, -0.1) is 0 Å². The molecule has 2 aromatic rings. The highest BCUT2D eigenvalue weighted by Gasteiger charge is 2.36. The molecule has 0 radical (unpaired) electrons. The topological polar surface area (TPSA) is 15.8 Å². The van der Waals surface area contributed by atoms with Crippen molar-refractivity contribution in [2.45, 2.75) is 44.9 Å². The average molecular weight is 237 g/mol. The van der Waals surface area contributed by atoms with Gasteiger partial charge in [-0.05, 0) is 42.9 Å². The van der Waals surface area contributed by atoms with Crippen molar-refractivity contribution in [3.63, 3.8) is 0 Å². The largest absolute Gasteiger partial charge is 0.361 e. The van der Waals surface area contributed by atoms with Gasteiger partial charge in [0.25, 0.3) is 0 Å². The van der Waals surface area contributed by atoms with E-state index >= 15 is 0 Å². The van der Waals surface area contributed by atoms with Crippen LogP contribution in [-0.2, 0) is 5.41 Å². The molecule has 0 aliphatic heterocycles. The molecule has 18 heavy (non-hydrogen) atoms. The van der Waals surface area contributed by atoms with Crippen LogP contribution in [0.4, 0.5) is 0 Å². The van der Waals surface area contributed by atoms with Crippen LogP contribution < -0.4 is 0 Å². The number of benzene rings is 1. The molecule has 0 fully saturated rings. The molecule has 0 atom stereocenters. The van der Waals surface area contributed by atoms with E-state index < -0.39 is 0 Å². The molecule has 0 spiro atoms. The first-order valence-corrected chi connectivity index (χ1v) is 7.03. The summed E-state index contributed by atoms with van der Waals surface area (Å²) in [5.74, 6) is 0. The van der Waals surface area contributed by atoms with Crippen LogP contribution in [0.15, 0.2) is 30.0 Å². The van der Waals surface area contributed by atoms with Crippen LogP contribution in [-0.4, -0.2) is 4.98 Å². The highest BCUT2D eigenvalue weighted by molar-refractivity contribution is 5.99. The van der Waals surface area contributed by atoms with E-state index in [0.29, 0.717) is 0 Å². The van der Waals surface area contributed by atoms with E-state index in [-0.39, 0.29) is 5.41 Å². The summed E-state index contributed by atoms with van der Waals surface area (Å²) in [5, 5.41) is 1.48. The number of H-pyrrole nitrogens is 1. The predicted molar refractivity (Wildman–Crippen MR) is 76.7 cm³/mol. The van der Waals surface area contributed by atoms with Crippen molar-refractivity contribution in [2.75, 3.05) is 0 Å². The second-order valence-corrected chi connectivity index (χ2v) is 6.22. The Morgan fingerprint density at radius 1 is 1.11 bits per heavy atom. The maximum atomic E-state index is 3.46. The summed E-state index contributed by atoms with van der Waals surface area (Å²) in [6.07, 6.45) is 7.48. The number of allylic oxidation sites excluding steroid dienone is 2. The fraction of sp³-hybridized carbons (Fsp3) is 0.412. The van der Waals surface area contributed by atoms with Gasteiger partial charge in [0, 0.05) is 28.1 Å². The van der Waals surface area contributed by atoms with Gasteiger partial charge in [0.2, 0.25) is 0 Å². The average Bonchev–Trinajstić information content (AvgIpc) is 2.81. The van der Waals surface area contributed by atoms with E-state index in [9.17, 15) is 0 Å². The SMILES string of the molecule is CC1(C)C2=C(CCCC2)c2c[nH]c3cccc1c23. The third-order valence-corrected chi connectivity index (χ3v) is 4.93. The summed E-state index contributed by atoms with van der Waals surface area (Å²) >= 11 is 0. The van der Waals surface area contributed by atoms with E-state index in [1.165, 1.54) is 47.7 Å². The van der Waals surface area contributed by atoms with Gasteiger partial charge >= 0.3 is 0 Å². The van der Waals surface area contributed by atoms with E-state index in [0.717, 1.165) is 0 Å². The molecule has 0 unspecified atom stereocenters. The molecule has 0 amide bonds. The quantitative estimate of drug-likeness (QED) is 0.678. The van der Waals surface area contributed by atoms with E-state index in [1.807, 2.05) is 0 Å². The Bertz CT molecular complexity index is 670. The molecule has 4 rings (SSSR count). The molecule has 2 aliphatic carbocycles. The molecular weight excluding hydrogens is 218 g/mol. The summed E-state index contributed by atoms with van der Waals surface area (Å²) in [5.41, 5.74) is 7.83. The first-order chi connectivity index (χ1) is 8.69. The zero-order valence-electron chi connectivity index (χ0n) is 11.1. The van der Waals surface area contributed by atoms with E-state index in [1.54, 1.807) is 11.1 Å². The third kappa shape index (κ3) is 1.12. The number of aromatic amines is 1. The van der Waals surface area contributed by atoms with Crippen molar-refractivity contribution in [3.8, 4) is 0 Å². The highest BCUT2D eigenvalue weighted by atomic mass is 14.7. The molecular formula is C17H19N. The molecule has 92 valence electrons. The standard InChI is InChI=1S/C17H19N/c1-17(2)13-7-4-3-6-11(13)12-10-18-15-9-5-8-14(17)16(12)15/h5,8-10,18H,3-4,6-7H2,1-2H3. The van der Waals surface area contributed by atoms with Gasteiger partial charge in [0.1, 0.15) is 0 Å². The number of hydrogen-bond donors (Lipinski definition) is 1. The number of hydrogen-bond acceptors (Lipinski definition) is 0. The molecule has 1 nitrogen and oxygen atoms in total. The normalized spacial score (nSPS) is 21.2. The van der Waals surface area contributed by atoms with E-state index in [4.69, 9.17) is 0 Å². The fourth-order valence-corrected chi connectivity index (χ4v) is 4.00. The van der Waals surface area contributed by atoms with Crippen molar-refractivity contribution < 1.29 is 0 Å². The summed E-state index contributed by atoms with van der Waals surface area (Å²) < 4.78 is 0. The van der Waals surface area contributed by atoms with Gasteiger partial charge in [0.15, 0.2) is 0 Å². The minimum absolute atomic E-state index is 0.213. The zero-order valence-corrected chi connectivity index (χ0v) is 11.1. The smallest absolute Gasteiger partial charge is 0.0463 e. The van der Waals surface area contributed by atoms with Crippen molar-refractivity contribution >= 4 is 16.5 Å². The van der Waals surface area contributed by atoms with Crippen LogP contribution in [0, 0.1) is 0 Å². The summed E-state index contributed by atoms with van der Waals surface area (Å²) in [7, 11) is 0. The first-order valence-electron chi connectivity index (χ1n) is 7.03. The summed E-state index contributed by atoms with van der Waals surface area (Å²) in [6.45, 7) is 4.80. The van der Waals surface area contributed by atoms with Gasteiger partial charge in [-0.1, -0.05) is 31.6 Å². The number of rotatable bonds is 0. The van der Waals surface area contributed by atoms with Gasteiger partial charge in [-0.3, -0.25) is 0 Å². The second-order valence-electron chi connectivity index (χ2n) is 6.22. The molecule has 0 saturated carbocycles.